The first-order valence-corrected chi connectivity index (χ1v) is 6.70. The Morgan fingerprint density at radius 1 is 1.53 bits per heavy atom. The second-order valence-corrected chi connectivity index (χ2v) is 5.43. The Bertz CT molecular complexity index is 378. The molecule has 1 unspecified atom stereocenters. The van der Waals surface area contributed by atoms with Crippen molar-refractivity contribution in [3.8, 4) is 0 Å². The molecule has 17 heavy (non-hydrogen) atoms. The van der Waals surface area contributed by atoms with Crippen molar-refractivity contribution in [1.82, 2.24) is 5.32 Å². The molecule has 1 atom stereocenters. The maximum atomic E-state index is 11.7. The first-order chi connectivity index (χ1) is 8.13. The molecule has 0 aliphatic carbocycles. The highest BCUT2D eigenvalue weighted by Gasteiger charge is 2.13. The fourth-order valence-corrected chi connectivity index (χ4v) is 2.23. The van der Waals surface area contributed by atoms with Crippen LogP contribution in [0, 0.1) is 0 Å². The van der Waals surface area contributed by atoms with Crippen LogP contribution >= 0.6 is 23.4 Å². The molecule has 0 fully saturated rings. The molecule has 0 aliphatic rings. The van der Waals surface area contributed by atoms with Gasteiger partial charge in [-0.05, 0) is 37.6 Å². The molecule has 1 aromatic rings. The summed E-state index contributed by atoms with van der Waals surface area (Å²) in [6.07, 6.45) is 2.58. The summed E-state index contributed by atoms with van der Waals surface area (Å²) in [5.74, 6) is 0.0480. The Kier molecular flexibility index (Phi) is 6.16. The minimum atomic E-state index is -0.110. The van der Waals surface area contributed by atoms with Crippen LogP contribution < -0.4 is 5.32 Å². The summed E-state index contributed by atoms with van der Waals surface area (Å²) in [6, 6.07) is 7.49. The maximum Gasteiger partial charge on any atom is 0.233 e. The van der Waals surface area contributed by atoms with Gasteiger partial charge in [0.15, 0.2) is 0 Å². The average Bonchev–Trinajstić information content (AvgIpc) is 2.32. The molecule has 0 saturated carbocycles. The summed E-state index contributed by atoms with van der Waals surface area (Å²) >= 11 is 7.32. The van der Waals surface area contributed by atoms with Gasteiger partial charge >= 0.3 is 0 Å². The molecule has 0 aliphatic heterocycles. The van der Waals surface area contributed by atoms with E-state index in [0.29, 0.717) is 11.6 Å². The van der Waals surface area contributed by atoms with Crippen LogP contribution in [0.1, 0.15) is 13.3 Å². The minimum Gasteiger partial charge on any atom is -0.355 e. The lowest BCUT2D eigenvalue weighted by Crippen LogP contribution is -2.31. The highest BCUT2D eigenvalue weighted by atomic mass is 35.5. The van der Waals surface area contributed by atoms with Crippen molar-refractivity contribution in [1.29, 1.82) is 0 Å². The summed E-state index contributed by atoms with van der Waals surface area (Å²) in [4.78, 5) is 12.7. The Labute approximate surface area is 111 Å². The molecular weight excluding hydrogens is 254 g/mol. The van der Waals surface area contributed by atoms with Gasteiger partial charge in [0.05, 0.1) is 5.25 Å². The van der Waals surface area contributed by atoms with Gasteiger partial charge in [-0.25, -0.2) is 0 Å². The van der Waals surface area contributed by atoms with E-state index in [1.807, 2.05) is 31.2 Å². The van der Waals surface area contributed by atoms with E-state index in [2.05, 4.69) is 11.9 Å². The Hall–Kier alpha value is -0.930. The molecule has 1 amide bonds. The van der Waals surface area contributed by atoms with Crippen LogP contribution in [0.25, 0.3) is 0 Å². The molecule has 1 N–H and O–H groups in total. The highest BCUT2D eigenvalue weighted by Crippen LogP contribution is 2.24. The molecule has 1 aromatic carbocycles. The van der Waals surface area contributed by atoms with E-state index in [1.165, 1.54) is 11.8 Å². The van der Waals surface area contributed by atoms with E-state index in [9.17, 15) is 4.79 Å². The van der Waals surface area contributed by atoms with E-state index < -0.39 is 0 Å². The van der Waals surface area contributed by atoms with Crippen LogP contribution in [0.15, 0.2) is 41.8 Å². The lowest BCUT2D eigenvalue weighted by atomic mass is 10.4. The number of amides is 1. The van der Waals surface area contributed by atoms with Gasteiger partial charge < -0.3 is 5.32 Å². The zero-order chi connectivity index (χ0) is 12.7. The van der Waals surface area contributed by atoms with Crippen LogP contribution in [-0.4, -0.2) is 17.7 Å². The molecule has 0 heterocycles. The molecule has 92 valence electrons. The first-order valence-electron chi connectivity index (χ1n) is 5.44. The molecule has 0 spiro atoms. The molecule has 0 radical (unpaired) electrons. The van der Waals surface area contributed by atoms with Gasteiger partial charge in [0.25, 0.3) is 0 Å². The van der Waals surface area contributed by atoms with Crippen LogP contribution in [0.2, 0.25) is 5.02 Å². The van der Waals surface area contributed by atoms with Gasteiger partial charge in [-0.1, -0.05) is 17.7 Å². The number of halogens is 1. The predicted octanol–water partition coefficient (Wildman–Crippen LogP) is 3.51. The van der Waals surface area contributed by atoms with Gasteiger partial charge in [0, 0.05) is 16.5 Å². The second-order valence-electron chi connectivity index (χ2n) is 3.58. The maximum absolute atomic E-state index is 11.7. The summed E-state index contributed by atoms with van der Waals surface area (Å²) in [6.45, 7) is 6.15. The summed E-state index contributed by atoms with van der Waals surface area (Å²) in [5.41, 5.74) is 0. The smallest absolute Gasteiger partial charge is 0.233 e. The topological polar surface area (TPSA) is 29.1 Å². The van der Waals surface area contributed by atoms with Crippen molar-refractivity contribution in [3.63, 3.8) is 0 Å². The lowest BCUT2D eigenvalue weighted by molar-refractivity contribution is -0.120. The number of carbonyl (C=O) groups is 1. The van der Waals surface area contributed by atoms with Gasteiger partial charge in [-0.2, -0.15) is 0 Å². The fourth-order valence-electron chi connectivity index (χ4n) is 1.21. The third-order valence-electron chi connectivity index (χ3n) is 2.14. The molecular formula is C13H16ClNOS. The van der Waals surface area contributed by atoms with Crippen molar-refractivity contribution in [3.05, 3.63) is 41.9 Å². The number of nitrogens with one attached hydrogen (secondary N) is 1. The standard InChI is InChI=1S/C13H16ClNOS/c1-3-4-9-15-13(16)10(2)17-12-7-5-11(14)6-8-12/h3,5-8,10H,1,4,9H2,2H3,(H,15,16). The largest absolute Gasteiger partial charge is 0.355 e. The molecule has 0 aromatic heterocycles. The Morgan fingerprint density at radius 3 is 2.76 bits per heavy atom. The van der Waals surface area contributed by atoms with E-state index in [1.54, 1.807) is 6.08 Å². The predicted molar refractivity (Wildman–Crippen MR) is 74.6 cm³/mol. The van der Waals surface area contributed by atoms with Crippen LogP contribution in [-0.2, 0) is 4.79 Å². The molecule has 4 heteroatoms. The SMILES string of the molecule is C=CCCNC(=O)C(C)Sc1ccc(Cl)cc1. The van der Waals surface area contributed by atoms with Gasteiger partial charge in [0.1, 0.15) is 0 Å². The fraction of sp³-hybridized carbons (Fsp3) is 0.308. The summed E-state index contributed by atoms with van der Waals surface area (Å²) in [7, 11) is 0. The van der Waals surface area contributed by atoms with Gasteiger partial charge in [-0.3, -0.25) is 4.79 Å². The second kappa shape index (κ2) is 7.41. The zero-order valence-electron chi connectivity index (χ0n) is 9.78. The van der Waals surface area contributed by atoms with Gasteiger partial charge in [0.2, 0.25) is 5.91 Å². The van der Waals surface area contributed by atoms with Crippen LogP contribution in [0.4, 0.5) is 0 Å². The number of thioether (sulfide) groups is 1. The normalized spacial score (nSPS) is 11.9. The number of rotatable bonds is 6. The van der Waals surface area contributed by atoms with E-state index in [-0.39, 0.29) is 11.2 Å². The zero-order valence-corrected chi connectivity index (χ0v) is 11.4. The molecule has 0 saturated heterocycles. The third kappa shape index (κ3) is 5.29. The van der Waals surface area contributed by atoms with Crippen molar-refractivity contribution in [2.24, 2.45) is 0 Å². The quantitative estimate of drug-likeness (QED) is 0.486. The third-order valence-corrected chi connectivity index (χ3v) is 3.51. The Balaban J connectivity index is 2.42. The van der Waals surface area contributed by atoms with E-state index in [4.69, 9.17) is 11.6 Å². The van der Waals surface area contributed by atoms with E-state index >= 15 is 0 Å². The van der Waals surface area contributed by atoms with Crippen molar-refractivity contribution >= 4 is 29.3 Å². The molecule has 1 rings (SSSR count). The van der Waals surface area contributed by atoms with Crippen LogP contribution in [0.5, 0.6) is 0 Å². The minimum absolute atomic E-state index is 0.0480. The average molecular weight is 270 g/mol. The number of hydrogen-bond donors (Lipinski definition) is 1. The van der Waals surface area contributed by atoms with Crippen LogP contribution in [0.3, 0.4) is 0 Å². The first kappa shape index (κ1) is 14.1. The van der Waals surface area contributed by atoms with Crippen molar-refractivity contribution in [2.45, 2.75) is 23.5 Å². The lowest BCUT2D eigenvalue weighted by Gasteiger charge is -2.11. The number of benzene rings is 1. The number of carbonyl (C=O) groups excluding carboxylic acids is 1. The Morgan fingerprint density at radius 2 is 2.18 bits per heavy atom. The summed E-state index contributed by atoms with van der Waals surface area (Å²) in [5, 5.41) is 3.45. The highest BCUT2D eigenvalue weighted by molar-refractivity contribution is 8.00. The van der Waals surface area contributed by atoms with Crippen molar-refractivity contribution < 1.29 is 4.79 Å². The van der Waals surface area contributed by atoms with Gasteiger partial charge in [-0.15, -0.1) is 18.3 Å². The molecule has 2 nitrogen and oxygen atoms in total. The summed E-state index contributed by atoms with van der Waals surface area (Å²) < 4.78 is 0. The number of hydrogen-bond acceptors (Lipinski definition) is 2. The van der Waals surface area contributed by atoms with Crippen molar-refractivity contribution in [2.75, 3.05) is 6.54 Å². The monoisotopic (exact) mass is 269 g/mol. The molecule has 0 bridgehead atoms. The van der Waals surface area contributed by atoms with E-state index in [0.717, 1.165) is 11.3 Å².